The van der Waals surface area contributed by atoms with Gasteiger partial charge in [0.25, 0.3) is 5.56 Å². The van der Waals surface area contributed by atoms with E-state index in [4.69, 9.17) is 4.74 Å². The lowest BCUT2D eigenvalue weighted by atomic mass is 10.3. The first-order chi connectivity index (χ1) is 13.5. The van der Waals surface area contributed by atoms with Crippen LogP contribution in [0.2, 0.25) is 0 Å². The van der Waals surface area contributed by atoms with Crippen molar-refractivity contribution in [3.63, 3.8) is 0 Å². The lowest BCUT2D eigenvalue weighted by Crippen LogP contribution is -2.23. The summed E-state index contributed by atoms with van der Waals surface area (Å²) in [6.07, 6.45) is 2.51. The molecule has 0 saturated carbocycles. The number of hydrogen-bond donors (Lipinski definition) is 1. The summed E-state index contributed by atoms with van der Waals surface area (Å²) in [6.45, 7) is 6.12. The molecule has 0 aliphatic rings. The van der Waals surface area contributed by atoms with Crippen LogP contribution in [0.4, 0.5) is 5.69 Å². The molecule has 0 radical (unpaired) electrons. The molecule has 6 nitrogen and oxygen atoms in total. The van der Waals surface area contributed by atoms with Crippen LogP contribution in [0.1, 0.15) is 11.8 Å². The van der Waals surface area contributed by atoms with Crippen molar-refractivity contribution in [2.75, 3.05) is 18.2 Å². The lowest BCUT2D eigenvalue weighted by Gasteiger charge is -2.10. The zero-order chi connectivity index (χ0) is 20.1. The molecular weight excluding hydrogens is 394 g/mol. The Labute approximate surface area is 171 Å². The maximum atomic E-state index is 12.8. The smallest absolute Gasteiger partial charge is 0.263 e. The number of nitrogens with zero attached hydrogens (tertiary/aromatic N) is 2. The Balaban J connectivity index is 1.78. The Morgan fingerprint density at radius 3 is 2.79 bits per heavy atom. The molecule has 1 amide bonds. The van der Waals surface area contributed by atoms with Crippen molar-refractivity contribution >= 4 is 44.9 Å². The molecule has 0 saturated heterocycles. The first-order valence-corrected chi connectivity index (χ1v) is 10.6. The molecule has 146 valence electrons. The average molecular weight is 416 g/mol. The maximum Gasteiger partial charge on any atom is 0.263 e. The van der Waals surface area contributed by atoms with Gasteiger partial charge in [0.2, 0.25) is 5.91 Å². The lowest BCUT2D eigenvalue weighted by molar-refractivity contribution is -0.113. The minimum Gasteiger partial charge on any atom is -0.497 e. The van der Waals surface area contributed by atoms with E-state index < -0.39 is 0 Å². The van der Waals surface area contributed by atoms with Crippen molar-refractivity contribution in [2.24, 2.45) is 0 Å². The number of benzene rings is 1. The van der Waals surface area contributed by atoms with Crippen LogP contribution in [0.3, 0.4) is 0 Å². The molecule has 0 atom stereocenters. The van der Waals surface area contributed by atoms with E-state index in [0.717, 1.165) is 17.0 Å². The largest absolute Gasteiger partial charge is 0.497 e. The second-order valence-electron chi connectivity index (χ2n) is 5.95. The van der Waals surface area contributed by atoms with Gasteiger partial charge in [-0.25, -0.2) is 4.98 Å². The Morgan fingerprint density at radius 2 is 2.14 bits per heavy atom. The molecule has 0 bridgehead atoms. The first-order valence-electron chi connectivity index (χ1n) is 8.76. The number of aryl methyl sites for hydroxylation is 1. The molecule has 2 heterocycles. The Bertz CT molecular complexity index is 1050. The van der Waals surface area contributed by atoms with Crippen LogP contribution in [0, 0.1) is 0 Å². The van der Waals surface area contributed by atoms with Crippen LogP contribution < -0.4 is 15.6 Å². The number of thioether (sulfide) groups is 1. The van der Waals surface area contributed by atoms with Gasteiger partial charge < -0.3 is 10.1 Å². The number of carbonyl (C=O) groups excluding carboxylic acids is 1. The minimum absolute atomic E-state index is 0.0982. The van der Waals surface area contributed by atoms with Gasteiger partial charge in [-0.1, -0.05) is 24.8 Å². The van der Waals surface area contributed by atoms with E-state index in [2.05, 4.69) is 16.9 Å². The predicted molar refractivity (Wildman–Crippen MR) is 116 cm³/mol. The molecule has 0 spiro atoms. The minimum atomic E-state index is -0.171. The second kappa shape index (κ2) is 9.07. The second-order valence-corrected chi connectivity index (χ2v) is 8.01. The van der Waals surface area contributed by atoms with Gasteiger partial charge in [0, 0.05) is 17.1 Å². The fourth-order valence-corrected chi connectivity index (χ4v) is 4.44. The van der Waals surface area contributed by atoms with Gasteiger partial charge in [-0.2, -0.15) is 0 Å². The monoisotopic (exact) mass is 415 g/mol. The van der Waals surface area contributed by atoms with Crippen LogP contribution in [0.5, 0.6) is 5.75 Å². The Morgan fingerprint density at radius 1 is 1.39 bits per heavy atom. The molecule has 0 aliphatic carbocycles. The van der Waals surface area contributed by atoms with Crippen molar-refractivity contribution in [3.8, 4) is 5.75 Å². The van der Waals surface area contributed by atoms with Gasteiger partial charge >= 0.3 is 0 Å². The van der Waals surface area contributed by atoms with Crippen LogP contribution in [0.15, 0.2) is 52.9 Å². The van der Waals surface area contributed by atoms with Gasteiger partial charge in [0.15, 0.2) is 5.16 Å². The average Bonchev–Trinajstić information content (AvgIpc) is 3.13. The van der Waals surface area contributed by atoms with E-state index in [1.165, 1.54) is 23.1 Å². The van der Waals surface area contributed by atoms with Gasteiger partial charge in [0.1, 0.15) is 10.6 Å². The highest BCUT2D eigenvalue weighted by atomic mass is 32.2. The zero-order valence-corrected chi connectivity index (χ0v) is 17.4. The molecule has 3 rings (SSSR count). The van der Waals surface area contributed by atoms with Gasteiger partial charge in [0.05, 0.1) is 18.2 Å². The summed E-state index contributed by atoms with van der Waals surface area (Å²) >= 11 is 2.76. The number of aromatic nitrogens is 2. The number of anilines is 1. The van der Waals surface area contributed by atoms with E-state index in [0.29, 0.717) is 27.6 Å². The number of hydrogen-bond acceptors (Lipinski definition) is 6. The van der Waals surface area contributed by atoms with Gasteiger partial charge in [-0.3, -0.25) is 14.2 Å². The Kier molecular flexibility index (Phi) is 6.53. The van der Waals surface area contributed by atoms with Crippen molar-refractivity contribution in [2.45, 2.75) is 25.0 Å². The number of fused-ring (bicyclic) bond motifs is 1. The highest BCUT2D eigenvalue weighted by Crippen LogP contribution is 2.25. The summed E-state index contributed by atoms with van der Waals surface area (Å²) in [5.41, 5.74) is 0.586. The fraction of sp³-hybridized carbons (Fsp3) is 0.250. The van der Waals surface area contributed by atoms with Crippen LogP contribution in [-0.4, -0.2) is 28.3 Å². The summed E-state index contributed by atoms with van der Waals surface area (Å²) in [6, 6.07) is 9.01. The number of thiophene rings is 1. The van der Waals surface area contributed by atoms with E-state index in [1.807, 2.05) is 13.0 Å². The quantitative estimate of drug-likeness (QED) is 0.343. The number of nitrogens with one attached hydrogen (secondary N) is 1. The first kappa shape index (κ1) is 20.2. The maximum absolute atomic E-state index is 12.8. The molecule has 1 aromatic carbocycles. The number of rotatable bonds is 8. The third kappa shape index (κ3) is 4.45. The summed E-state index contributed by atoms with van der Waals surface area (Å²) in [7, 11) is 1.59. The van der Waals surface area contributed by atoms with Crippen LogP contribution >= 0.6 is 23.1 Å². The molecule has 28 heavy (non-hydrogen) atoms. The van der Waals surface area contributed by atoms with Crippen molar-refractivity contribution in [3.05, 3.63) is 58.2 Å². The van der Waals surface area contributed by atoms with E-state index in [-0.39, 0.29) is 17.2 Å². The van der Waals surface area contributed by atoms with E-state index in [1.54, 1.807) is 42.0 Å². The third-order valence-electron chi connectivity index (χ3n) is 4.03. The standard InChI is InChI=1S/C20H21N3O3S2/c1-4-10-23-19(25)16-11-15(5-2)28-18(16)22-20(23)27-12-17(24)21-13-6-8-14(26-3)9-7-13/h4,6-9,11H,1,5,10,12H2,2-3H3,(H,21,24). The number of methoxy groups -OCH3 is 1. The fourth-order valence-electron chi connectivity index (χ4n) is 2.62. The van der Waals surface area contributed by atoms with Gasteiger partial charge in [-0.05, 0) is 36.8 Å². The number of allylic oxidation sites excluding steroid dienone is 1. The van der Waals surface area contributed by atoms with Crippen LogP contribution in [-0.2, 0) is 17.8 Å². The molecule has 0 unspecified atom stereocenters. The molecule has 3 aromatic rings. The normalized spacial score (nSPS) is 10.8. The zero-order valence-electron chi connectivity index (χ0n) is 15.7. The molecule has 1 N–H and O–H groups in total. The predicted octanol–water partition coefficient (Wildman–Crippen LogP) is 3.95. The summed E-state index contributed by atoms with van der Waals surface area (Å²) in [4.78, 5) is 31.6. The third-order valence-corrected chi connectivity index (χ3v) is 6.18. The Hall–Kier alpha value is -2.58. The molecular formula is C20H21N3O3S2. The van der Waals surface area contributed by atoms with E-state index in [9.17, 15) is 9.59 Å². The molecule has 0 aliphatic heterocycles. The van der Waals surface area contributed by atoms with E-state index >= 15 is 0 Å². The highest BCUT2D eigenvalue weighted by Gasteiger charge is 2.15. The van der Waals surface area contributed by atoms with Crippen molar-refractivity contribution < 1.29 is 9.53 Å². The van der Waals surface area contributed by atoms with Crippen molar-refractivity contribution in [1.29, 1.82) is 0 Å². The summed E-state index contributed by atoms with van der Waals surface area (Å²) in [5, 5.41) is 3.97. The highest BCUT2D eigenvalue weighted by molar-refractivity contribution is 7.99. The summed E-state index contributed by atoms with van der Waals surface area (Å²) < 4.78 is 6.67. The number of amides is 1. The van der Waals surface area contributed by atoms with Crippen molar-refractivity contribution in [1.82, 2.24) is 9.55 Å². The SMILES string of the molecule is C=CCn1c(SCC(=O)Nc2ccc(OC)cc2)nc2sc(CC)cc2c1=O. The van der Waals surface area contributed by atoms with Gasteiger partial charge in [-0.15, -0.1) is 17.9 Å². The molecule has 2 aromatic heterocycles. The number of ether oxygens (including phenoxy) is 1. The molecule has 8 heteroatoms. The topological polar surface area (TPSA) is 73.2 Å². The molecule has 0 fully saturated rings. The summed E-state index contributed by atoms with van der Waals surface area (Å²) in [5.74, 6) is 0.698. The number of carbonyl (C=O) groups is 1. The van der Waals surface area contributed by atoms with Crippen LogP contribution in [0.25, 0.3) is 10.2 Å².